The maximum Gasteiger partial charge on any atom is 0.257 e. The second kappa shape index (κ2) is 12.4. The van der Waals surface area contributed by atoms with Gasteiger partial charge in [-0.25, -0.2) is 4.98 Å². The molecule has 1 aliphatic carbocycles. The number of benzene rings is 2. The van der Waals surface area contributed by atoms with Crippen LogP contribution in [0.25, 0.3) is 11.5 Å². The van der Waals surface area contributed by atoms with E-state index in [9.17, 15) is 4.79 Å². The van der Waals surface area contributed by atoms with Crippen LogP contribution in [-0.2, 0) is 4.74 Å². The number of thiazole rings is 1. The first-order chi connectivity index (χ1) is 19.0. The third kappa shape index (κ3) is 7.01. The monoisotopic (exact) mass is 548 g/mol. The summed E-state index contributed by atoms with van der Waals surface area (Å²) < 4.78 is 23.3. The number of carbonyl (C=O) groups is 1. The fourth-order valence-corrected chi connectivity index (χ4v) is 5.26. The molecule has 1 amide bonds. The highest BCUT2D eigenvalue weighted by molar-refractivity contribution is 7.13. The third-order valence-electron chi connectivity index (χ3n) is 6.45. The number of amides is 1. The van der Waals surface area contributed by atoms with Crippen LogP contribution in [0.4, 0.5) is 5.13 Å². The quantitative estimate of drug-likeness (QED) is 0.225. The van der Waals surface area contributed by atoms with Crippen molar-refractivity contribution in [3.63, 3.8) is 0 Å². The lowest BCUT2D eigenvalue weighted by Crippen LogP contribution is -2.18. The summed E-state index contributed by atoms with van der Waals surface area (Å²) in [4.78, 5) is 17.3. The Morgan fingerprint density at radius 2 is 1.85 bits per heavy atom. The van der Waals surface area contributed by atoms with E-state index >= 15 is 0 Å². The van der Waals surface area contributed by atoms with E-state index in [2.05, 4.69) is 20.5 Å². The van der Waals surface area contributed by atoms with Gasteiger partial charge in [-0.2, -0.15) is 0 Å². The normalized spacial score (nSPS) is 14.6. The predicted octanol–water partition coefficient (Wildman–Crippen LogP) is 7.01. The van der Waals surface area contributed by atoms with Gasteiger partial charge in [0.1, 0.15) is 23.4 Å². The summed E-state index contributed by atoms with van der Waals surface area (Å²) in [6, 6.07) is 12.5. The van der Waals surface area contributed by atoms with Gasteiger partial charge >= 0.3 is 0 Å². The van der Waals surface area contributed by atoms with E-state index in [0.29, 0.717) is 46.4 Å². The van der Waals surface area contributed by atoms with Gasteiger partial charge in [0.15, 0.2) is 5.13 Å². The summed E-state index contributed by atoms with van der Waals surface area (Å²) in [6.45, 7) is 4.18. The van der Waals surface area contributed by atoms with Gasteiger partial charge in [-0.3, -0.25) is 10.1 Å². The molecule has 2 aromatic carbocycles. The number of hydrogen-bond donors (Lipinski definition) is 1. The third-order valence-corrected chi connectivity index (χ3v) is 7.33. The molecule has 1 saturated carbocycles. The lowest BCUT2D eigenvalue weighted by molar-refractivity contribution is 0.0916. The van der Waals surface area contributed by atoms with Gasteiger partial charge < -0.3 is 18.6 Å². The average Bonchev–Trinajstić information content (AvgIpc) is 3.59. The standard InChI is InChI=1S/C29H32N4O5S/c1-18-17-39-29(30-18)31-26(34)22-13-24(36-19(2)16-35-3)15-25(14-22)37-23-11-9-21(10-12-23)28-33-32-27(38-28)20-7-5-4-6-8-20/h9-15,17,19-20H,4-8,16H2,1-3H3,(H,30,31,34). The second-order valence-corrected chi connectivity index (χ2v) is 10.6. The van der Waals surface area contributed by atoms with Crippen molar-refractivity contribution in [1.29, 1.82) is 0 Å². The number of rotatable bonds is 10. The van der Waals surface area contributed by atoms with Gasteiger partial charge in [0.05, 0.1) is 12.3 Å². The Morgan fingerprint density at radius 1 is 1.08 bits per heavy atom. The lowest BCUT2D eigenvalue weighted by atomic mass is 9.89. The summed E-state index contributed by atoms with van der Waals surface area (Å²) in [6.07, 6.45) is 5.68. The minimum atomic E-state index is -0.306. The maximum absolute atomic E-state index is 13.0. The highest BCUT2D eigenvalue weighted by atomic mass is 32.1. The van der Waals surface area contributed by atoms with E-state index in [1.807, 2.05) is 43.5 Å². The Morgan fingerprint density at radius 3 is 2.56 bits per heavy atom. The Hall–Kier alpha value is -3.76. The van der Waals surface area contributed by atoms with E-state index < -0.39 is 0 Å². The van der Waals surface area contributed by atoms with Crippen LogP contribution in [-0.4, -0.2) is 40.9 Å². The van der Waals surface area contributed by atoms with Gasteiger partial charge in [0.2, 0.25) is 11.8 Å². The van der Waals surface area contributed by atoms with Crippen molar-refractivity contribution in [2.45, 2.75) is 58.0 Å². The van der Waals surface area contributed by atoms with Crippen LogP contribution >= 0.6 is 11.3 Å². The fourth-order valence-electron chi connectivity index (χ4n) is 4.58. The Balaban J connectivity index is 1.32. The largest absolute Gasteiger partial charge is 0.488 e. The van der Waals surface area contributed by atoms with E-state index in [4.69, 9.17) is 18.6 Å². The molecule has 4 aromatic rings. The van der Waals surface area contributed by atoms with E-state index in [1.54, 1.807) is 25.3 Å². The molecular formula is C29H32N4O5S. The predicted molar refractivity (Wildman–Crippen MR) is 149 cm³/mol. The molecule has 0 bridgehead atoms. The van der Waals surface area contributed by atoms with Gasteiger partial charge in [-0.05, 0) is 63.1 Å². The molecule has 1 fully saturated rings. The molecule has 2 heterocycles. The first-order valence-corrected chi connectivity index (χ1v) is 14.0. The van der Waals surface area contributed by atoms with Gasteiger partial charge in [-0.15, -0.1) is 21.5 Å². The summed E-state index contributed by atoms with van der Waals surface area (Å²) in [5.41, 5.74) is 2.05. The van der Waals surface area contributed by atoms with Gasteiger partial charge in [-0.1, -0.05) is 19.3 Å². The van der Waals surface area contributed by atoms with E-state index in [-0.39, 0.29) is 12.0 Å². The summed E-state index contributed by atoms with van der Waals surface area (Å²) in [5.74, 6) is 2.83. The molecule has 9 nitrogen and oxygen atoms in total. The summed E-state index contributed by atoms with van der Waals surface area (Å²) in [5, 5.41) is 13.8. The number of methoxy groups -OCH3 is 1. The van der Waals surface area contributed by atoms with Crippen LogP contribution in [0, 0.1) is 6.92 Å². The van der Waals surface area contributed by atoms with Gasteiger partial charge in [0.25, 0.3) is 5.91 Å². The van der Waals surface area contributed by atoms with Crippen LogP contribution in [0.2, 0.25) is 0 Å². The maximum atomic E-state index is 13.0. The van der Waals surface area contributed by atoms with Crippen molar-refractivity contribution in [3.05, 3.63) is 65.0 Å². The first kappa shape index (κ1) is 26.8. The number of carbonyl (C=O) groups excluding carboxylic acids is 1. The molecule has 204 valence electrons. The first-order valence-electron chi connectivity index (χ1n) is 13.1. The van der Waals surface area contributed by atoms with Crippen LogP contribution < -0.4 is 14.8 Å². The molecule has 5 rings (SSSR count). The van der Waals surface area contributed by atoms with Crippen molar-refractivity contribution < 1.29 is 23.4 Å². The second-order valence-electron chi connectivity index (χ2n) is 9.73. The number of aryl methyl sites for hydroxylation is 1. The Bertz CT molecular complexity index is 1390. The van der Waals surface area contributed by atoms with Crippen LogP contribution in [0.3, 0.4) is 0 Å². The lowest BCUT2D eigenvalue weighted by Gasteiger charge is -2.17. The zero-order valence-electron chi connectivity index (χ0n) is 22.3. The number of anilines is 1. The van der Waals surface area contributed by atoms with Crippen molar-refractivity contribution in [1.82, 2.24) is 15.2 Å². The fraction of sp³-hybridized carbons (Fsp3) is 0.379. The zero-order valence-corrected chi connectivity index (χ0v) is 23.1. The average molecular weight is 549 g/mol. The van der Waals surface area contributed by atoms with E-state index in [0.717, 1.165) is 30.0 Å². The molecule has 0 spiro atoms. The number of nitrogens with one attached hydrogen (secondary N) is 1. The van der Waals surface area contributed by atoms with Crippen molar-refractivity contribution in [2.75, 3.05) is 19.0 Å². The molecule has 0 saturated heterocycles. The molecular weight excluding hydrogens is 516 g/mol. The summed E-state index contributed by atoms with van der Waals surface area (Å²) >= 11 is 1.37. The Labute approximate surface area is 231 Å². The van der Waals surface area contributed by atoms with Crippen molar-refractivity contribution in [2.24, 2.45) is 0 Å². The van der Waals surface area contributed by atoms with Crippen LogP contribution in [0.5, 0.6) is 17.2 Å². The number of ether oxygens (including phenoxy) is 3. The molecule has 1 aliphatic rings. The van der Waals surface area contributed by atoms with Gasteiger partial charge in [0, 0.05) is 35.6 Å². The topological polar surface area (TPSA) is 109 Å². The zero-order chi connectivity index (χ0) is 27.2. The molecule has 10 heteroatoms. The molecule has 2 aromatic heterocycles. The SMILES string of the molecule is COCC(C)Oc1cc(Oc2ccc(-c3nnc(C4CCCCC4)o3)cc2)cc(C(=O)Nc2nc(C)cs2)c1. The van der Waals surface area contributed by atoms with Crippen LogP contribution in [0.1, 0.15) is 66.9 Å². The smallest absolute Gasteiger partial charge is 0.257 e. The van der Waals surface area contributed by atoms with Crippen molar-refractivity contribution >= 4 is 22.4 Å². The summed E-state index contributed by atoms with van der Waals surface area (Å²) in [7, 11) is 1.61. The number of hydrogen-bond acceptors (Lipinski definition) is 9. The molecule has 0 aliphatic heterocycles. The highest BCUT2D eigenvalue weighted by Crippen LogP contribution is 2.34. The highest BCUT2D eigenvalue weighted by Gasteiger charge is 2.22. The molecule has 0 radical (unpaired) electrons. The van der Waals surface area contributed by atoms with E-state index in [1.165, 1.54) is 30.6 Å². The molecule has 1 atom stereocenters. The number of aromatic nitrogens is 3. The van der Waals surface area contributed by atoms with Crippen molar-refractivity contribution in [3.8, 4) is 28.7 Å². The van der Waals surface area contributed by atoms with Crippen LogP contribution in [0.15, 0.2) is 52.3 Å². The Kier molecular flexibility index (Phi) is 8.53. The minimum absolute atomic E-state index is 0.213. The molecule has 1 unspecified atom stereocenters. The molecule has 1 N–H and O–H groups in total. The molecule has 39 heavy (non-hydrogen) atoms. The number of nitrogens with zero attached hydrogens (tertiary/aromatic N) is 3. The minimum Gasteiger partial charge on any atom is -0.488 e.